The van der Waals surface area contributed by atoms with E-state index in [-0.39, 0.29) is 6.42 Å². The minimum absolute atomic E-state index is 0.0479. The van der Waals surface area contributed by atoms with Crippen LogP contribution in [0, 0.1) is 0 Å². The third-order valence-corrected chi connectivity index (χ3v) is 3.39. The second-order valence-electron chi connectivity index (χ2n) is 3.94. The van der Waals surface area contributed by atoms with Crippen LogP contribution < -0.4 is 10.1 Å². The molecular weight excluding hydrogens is 264 g/mol. The van der Waals surface area contributed by atoms with E-state index < -0.39 is 5.97 Å². The summed E-state index contributed by atoms with van der Waals surface area (Å²) < 4.78 is 5.08. The standard InChI is InChI=1S/C13H14N2O3S/c1-18-11-4-2-10(3-5-11)15-13-14-7-9(8-19-13)6-12(16)17/h2-5,8H,6-7H2,1H3,(H,14,15)(H,16,17). The highest BCUT2D eigenvalue weighted by molar-refractivity contribution is 8.16. The zero-order chi connectivity index (χ0) is 13.7. The predicted molar refractivity (Wildman–Crippen MR) is 76.8 cm³/mol. The Bertz CT molecular complexity index is 523. The normalized spacial score (nSPS) is 14.4. The van der Waals surface area contributed by atoms with Gasteiger partial charge in [-0.3, -0.25) is 9.79 Å². The second kappa shape index (κ2) is 6.29. The largest absolute Gasteiger partial charge is 0.497 e. The number of rotatable bonds is 4. The van der Waals surface area contributed by atoms with Gasteiger partial charge in [-0.2, -0.15) is 0 Å². The lowest BCUT2D eigenvalue weighted by Crippen LogP contribution is -2.12. The minimum atomic E-state index is -0.825. The molecule has 0 amide bonds. The van der Waals surface area contributed by atoms with Gasteiger partial charge in [0.1, 0.15) is 5.75 Å². The first kappa shape index (κ1) is 13.5. The maximum Gasteiger partial charge on any atom is 0.307 e. The Morgan fingerprint density at radius 2 is 2.21 bits per heavy atom. The number of carboxylic acid groups (broad SMARTS) is 1. The molecule has 0 aliphatic carbocycles. The van der Waals surface area contributed by atoms with Crippen molar-refractivity contribution < 1.29 is 14.6 Å². The summed E-state index contributed by atoms with van der Waals surface area (Å²) in [5.41, 5.74) is 1.74. The van der Waals surface area contributed by atoms with Crippen molar-refractivity contribution in [3.63, 3.8) is 0 Å². The average Bonchev–Trinajstić information content (AvgIpc) is 2.41. The number of anilines is 1. The number of aliphatic carboxylic acids is 1. The zero-order valence-electron chi connectivity index (χ0n) is 10.4. The van der Waals surface area contributed by atoms with Crippen LogP contribution in [-0.2, 0) is 4.79 Å². The number of amidine groups is 1. The van der Waals surface area contributed by atoms with Gasteiger partial charge < -0.3 is 15.2 Å². The van der Waals surface area contributed by atoms with E-state index in [1.807, 2.05) is 29.7 Å². The molecule has 1 aliphatic heterocycles. The van der Waals surface area contributed by atoms with Crippen molar-refractivity contribution in [3.8, 4) is 5.75 Å². The number of methoxy groups -OCH3 is 1. The Morgan fingerprint density at radius 1 is 1.47 bits per heavy atom. The Labute approximate surface area is 115 Å². The number of benzene rings is 1. The van der Waals surface area contributed by atoms with Crippen molar-refractivity contribution in [2.24, 2.45) is 4.99 Å². The summed E-state index contributed by atoms with van der Waals surface area (Å²) in [6.07, 6.45) is 0.0479. The third-order valence-electron chi connectivity index (χ3n) is 2.48. The molecule has 0 radical (unpaired) electrons. The Hall–Kier alpha value is -1.95. The summed E-state index contributed by atoms with van der Waals surface area (Å²) in [5.74, 6) is -0.0268. The predicted octanol–water partition coefficient (Wildman–Crippen LogP) is 2.57. The monoisotopic (exact) mass is 278 g/mol. The minimum Gasteiger partial charge on any atom is -0.497 e. The number of carbonyl (C=O) groups is 1. The van der Waals surface area contributed by atoms with Crippen LogP contribution in [0.4, 0.5) is 5.69 Å². The zero-order valence-corrected chi connectivity index (χ0v) is 11.2. The summed E-state index contributed by atoms with van der Waals surface area (Å²) in [4.78, 5) is 14.9. The summed E-state index contributed by atoms with van der Waals surface area (Å²) >= 11 is 1.40. The molecule has 0 saturated carbocycles. The van der Waals surface area contributed by atoms with Gasteiger partial charge in [0.15, 0.2) is 5.17 Å². The molecule has 1 aromatic rings. The molecule has 1 aromatic carbocycles. The Morgan fingerprint density at radius 3 is 2.74 bits per heavy atom. The van der Waals surface area contributed by atoms with E-state index in [0.29, 0.717) is 6.54 Å². The van der Waals surface area contributed by atoms with Crippen molar-refractivity contribution in [2.75, 3.05) is 19.0 Å². The molecule has 19 heavy (non-hydrogen) atoms. The number of hydrogen-bond donors (Lipinski definition) is 2. The number of nitrogens with one attached hydrogen (secondary N) is 1. The van der Waals surface area contributed by atoms with E-state index in [4.69, 9.17) is 9.84 Å². The van der Waals surface area contributed by atoms with Gasteiger partial charge in [-0.15, -0.1) is 0 Å². The van der Waals surface area contributed by atoms with Gasteiger partial charge in [0, 0.05) is 5.69 Å². The highest BCUT2D eigenvalue weighted by Crippen LogP contribution is 2.21. The molecule has 5 nitrogen and oxygen atoms in total. The lowest BCUT2D eigenvalue weighted by Gasteiger charge is -2.13. The molecule has 0 spiro atoms. The van der Waals surface area contributed by atoms with Gasteiger partial charge in [0.2, 0.25) is 0 Å². The highest BCUT2D eigenvalue weighted by Gasteiger charge is 2.10. The summed E-state index contributed by atoms with van der Waals surface area (Å²) in [6, 6.07) is 7.53. The number of aliphatic imine (C=N–C) groups is 1. The lowest BCUT2D eigenvalue weighted by molar-refractivity contribution is -0.136. The van der Waals surface area contributed by atoms with Crippen LogP contribution in [0.15, 0.2) is 40.2 Å². The van der Waals surface area contributed by atoms with Crippen molar-refractivity contribution in [3.05, 3.63) is 35.2 Å². The van der Waals surface area contributed by atoms with E-state index >= 15 is 0 Å². The van der Waals surface area contributed by atoms with Crippen molar-refractivity contribution >= 4 is 28.6 Å². The molecule has 1 aliphatic rings. The van der Waals surface area contributed by atoms with Gasteiger partial charge in [-0.25, -0.2) is 0 Å². The van der Waals surface area contributed by atoms with Gasteiger partial charge in [-0.05, 0) is 35.2 Å². The van der Waals surface area contributed by atoms with Crippen LogP contribution in [0.3, 0.4) is 0 Å². The third kappa shape index (κ3) is 4.03. The summed E-state index contributed by atoms with van der Waals surface area (Å²) in [6.45, 7) is 0.428. The fourth-order valence-corrected chi connectivity index (χ4v) is 2.30. The number of carboxylic acids is 1. The second-order valence-corrected chi connectivity index (χ2v) is 4.80. The summed E-state index contributed by atoms with van der Waals surface area (Å²) in [7, 11) is 1.62. The van der Waals surface area contributed by atoms with Crippen molar-refractivity contribution in [2.45, 2.75) is 6.42 Å². The Kier molecular flexibility index (Phi) is 4.46. The average molecular weight is 278 g/mol. The lowest BCUT2D eigenvalue weighted by atomic mass is 10.2. The number of ether oxygens (including phenoxy) is 1. The number of nitrogens with zero attached hydrogens (tertiary/aromatic N) is 1. The van der Waals surface area contributed by atoms with Gasteiger partial charge in [0.05, 0.1) is 20.1 Å². The quantitative estimate of drug-likeness (QED) is 0.885. The molecule has 2 N–H and O–H groups in total. The molecular formula is C13H14N2O3S. The molecule has 0 atom stereocenters. The van der Waals surface area contributed by atoms with E-state index in [0.717, 1.165) is 22.2 Å². The smallest absolute Gasteiger partial charge is 0.307 e. The Balaban J connectivity index is 1.91. The molecule has 100 valence electrons. The maximum absolute atomic E-state index is 10.6. The van der Waals surface area contributed by atoms with Gasteiger partial charge in [-0.1, -0.05) is 11.8 Å². The van der Waals surface area contributed by atoms with Gasteiger partial charge >= 0.3 is 5.97 Å². The van der Waals surface area contributed by atoms with Crippen LogP contribution in [0.2, 0.25) is 0 Å². The van der Waals surface area contributed by atoms with Crippen molar-refractivity contribution in [1.29, 1.82) is 0 Å². The highest BCUT2D eigenvalue weighted by atomic mass is 32.2. The molecule has 6 heteroatoms. The SMILES string of the molecule is COc1ccc(NC2=NCC(CC(=O)O)=CS2)cc1. The van der Waals surface area contributed by atoms with Crippen LogP contribution in [0.5, 0.6) is 5.75 Å². The maximum atomic E-state index is 10.6. The van der Waals surface area contributed by atoms with E-state index in [1.165, 1.54) is 11.8 Å². The number of thioether (sulfide) groups is 1. The van der Waals surface area contributed by atoms with Crippen LogP contribution in [0.1, 0.15) is 6.42 Å². The topological polar surface area (TPSA) is 70.9 Å². The first-order valence-electron chi connectivity index (χ1n) is 5.69. The molecule has 2 rings (SSSR count). The molecule has 0 fully saturated rings. The number of hydrogen-bond acceptors (Lipinski definition) is 5. The van der Waals surface area contributed by atoms with Crippen molar-refractivity contribution in [1.82, 2.24) is 0 Å². The van der Waals surface area contributed by atoms with E-state index in [1.54, 1.807) is 7.11 Å². The molecule has 0 aromatic heterocycles. The molecule has 1 heterocycles. The van der Waals surface area contributed by atoms with Crippen LogP contribution in [0.25, 0.3) is 0 Å². The van der Waals surface area contributed by atoms with E-state index in [2.05, 4.69) is 10.3 Å². The van der Waals surface area contributed by atoms with Crippen LogP contribution in [-0.4, -0.2) is 29.9 Å². The first-order chi connectivity index (χ1) is 9.17. The fourth-order valence-electron chi connectivity index (χ4n) is 1.55. The first-order valence-corrected chi connectivity index (χ1v) is 6.57. The molecule has 0 saturated heterocycles. The van der Waals surface area contributed by atoms with E-state index in [9.17, 15) is 4.79 Å². The van der Waals surface area contributed by atoms with Gasteiger partial charge in [0.25, 0.3) is 0 Å². The fraction of sp³-hybridized carbons (Fsp3) is 0.231. The molecule has 0 bridgehead atoms. The van der Waals surface area contributed by atoms with Crippen LogP contribution >= 0.6 is 11.8 Å². The summed E-state index contributed by atoms with van der Waals surface area (Å²) in [5, 5.41) is 14.5. The molecule has 0 unspecified atom stereocenters.